The molecule has 0 saturated heterocycles. The van der Waals surface area contributed by atoms with Gasteiger partial charge in [-0.2, -0.15) is 0 Å². The van der Waals surface area contributed by atoms with Gasteiger partial charge in [-0.05, 0) is 29.9 Å². The molecule has 0 spiro atoms. The van der Waals surface area contributed by atoms with Gasteiger partial charge in [0.05, 0.1) is 0 Å². The molecule has 0 atom stereocenters. The van der Waals surface area contributed by atoms with Gasteiger partial charge in [0, 0.05) is 17.8 Å². The highest BCUT2D eigenvalue weighted by Gasteiger charge is 2.16. The molecule has 2 aromatic rings. The van der Waals surface area contributed by atoms with Gasteiger partial charge in [-0.25, -0.2) is 0 Å². The molecule has 1 aromatic carbocycles. The van der Waals surface area contributed by atoms with Crippen molar-refractivity contribution in [3.8, 4) is 0 Å². The highest BCUT2D eigenvalue weighted by Crippen LogP contribution is 2.13. The van der Waals surface area contributed by atoms with Crippen molar-refractivity contribution in [3.63, 3.8) is 0 Å². The normalized spacial score (nSPS) is 10.4. The number of rotatable bonds is 8. The van der Waals surface area contributed by atoms with E-state index in [-0.39, 0.29) is 12.5 Å². The first-order valence-electron chi connectivity index (χ1n) is 7.21. The smallest absolute Gasteiger partial charge is 0.323 e. The Kier molecular flexibility index (Phi) is 6.15. The average Bonchev–Trinajstić information content (AvgIpc) is 3.00. The fourth-order valence-corrected chi connectivity index (χ4v) is 2.98. The van der Waals surface area contributed by atoms with E-state index in [4.69, 9.17) is 5.11 Å². The van der Waals surface area contributed by atoms with Gasteiger partial charge >= 0.3 is 5.97 Å². The van der Waals surface area contributed by atoms with E-state index in [1.165, 1.54) is 9.78 Å². The monoisotopic (exact) mass is 317 g/mol. The van der Waals surface area contributed by atoms with Crippen LogP contribution in [-0.4, -0.2) is 28.4 Å². The van der Waals surface area contributed by atoms with Crippen LogP contribution in [0.25, 0.3) is 0 Å². The number of aliphatic carboxylic acids is 1. The zero-order valence-electron chi connectivity index (χ0n) is 12.3. The van der Waals surface area contributed by atoms with E-state index in [0.29, 0.717) is 13.0 Å². The Bertz CT molecular complexity index is 596. The molecule has 22 heavy (non-hydrogen) atoms. The van der Waals surface area contributed by atoms with Crippen LogP contribution >= 0.6 is 11.3 Å². The third-order valence-corrected chi connectivity index (χ3v) is 4.23. The summed E-state index contributed by atoms with van der Waals surface area (Å²) in [5, 5.41) is 11.0. The number of carboxylic acid groups (broad SMARTS) is 1. The Balaban J connectivity index is 1.89. The summed E-state index contributed by atoms with van der Waals surface area (Å²) in [7, 11) is 0. The maximum atomic E-state index is 12.3. The third-order valence-electron chi connectivity index (χ3n) is 3.29. The van der Waals surface area contributed by atoms with Gasteiger partial charge < -0.3 is 10.0 Å². The predicted molar refractivity (Wildman–Crippen MR) is 86.8 cm³/mol. The number of carbonyl (C=O) groups excluding carboxylic acids is 1. The summed E-state index contributed by atoms with van der Waals surface area (Å²) in [5.41, 5.74) is 0.940. The molecule has 0 saturated carbocycles. The van der Waals surface area contributed by atoms with E-state index in [0.717, 1.165) is 18.4 Å². The lowest BCUT2D eigenvalue weighted by atomic mass is 10.1. The predicted octanol–water partition coefficient (Wildman–Crippen LogP) is 3.18. The van der Waals surface area contributed by atoms with Gasteiger partial charge in [-0.3, -0.25) is 9.59 Å². The molecule has 0 bridgehead atoms. The van der Waals surface area contributed by atoms with Crippen molar-refractivity contribution in [2.75, 3.05) is 6.54 Å². The molecule has 4 nitrogen and oxygen atoms in total. The topological polar surface area (TPSA) is 57.6 Å². The molecule has 0 aliphatic heterocycles. The van der Waals surface area contributed by atoms with E-state index in [1.807, 2.05) is 47.8 Å². The van der Waals surface area contributed by atoms with Crippen molar-refractivity contribution in [3.05, 3.63) is 58.3 Å². The second-order valence-electron chi connectivity index (χ2n) is 5.06. The van der Waals surface area contributed by atoms with Gasteiger partial charge in [-0.1, -0.05) is 36.4 Å². The first kappa shape index (κ1) is 16.2. The molecular weight excluding hydrogens is 298 g/mol. The largest absolute Gasteiger partial charge is 0.480 e. The van der Waals surface area contributed by atoms with Gasteiger partial charge in [0.2, 0.25) is 5.91 Å². The highest BCUT2D eigenvalue weighted by atomic mass is 32.1. The van der Waals surface area contributed by atoms with E-state index in [9.17, 15) is 9.59 Å². The van der Waals surface area contributed by atoms with Crippen LogP contribution in [0.2, 0.25) is 0 Å². The second-order valence-corrected chi connectivity index (χ2v) is 6.09. The van der Waals surface area contributed by atoms with Crippen molar-refractivity contribution in [1.29, 1.82) is 0 Å². The first-order valence-corrected chi connectivity index (χ1v) is 8.09. The summed E-state index contributed by atoms with van der Waals surface area (Å²) in [5.74, 6) is -1.09. The Morgan fingerprint density at radius 3 is 2.50 bits per heavy atom. The molecule has 1 aromatic heterocycles. The Morgan fingerprint density at radius 1 is 1.09 bits per heavy atom. The van der Waals surface area contributed by atoms with Crippen LogP contribution in [-0.2, 0) is 22.6 Å². The molecule has 1 amide bonds. The molecule has 0 aliphatic carbocycles. The standard InChI is InChI=1S/C17H19NO3S/c19-16(10-4-8-15-9-5-11-22-15)18(13-17(20)21)12-14-6-2-1-3-7-14/h1-3,5-7,9,11H,4,8,10,12-13H2,(H,20,21). The number of carbonyl (C=O) groups is 2. The molecule has 0 aliphatic rings. The minimum absolute atomic E-state index is 0.109. The molecule has 0 unspecified atom stereocenters. The third kappa shape index (κ3) is 5.33. The van der Waals surface area contributed by atoms with Crippen LogP contribution in [0.3, 0.4) is 0 Å². The van der Waals surface area contributed by atoms with Gasteiger partial charge in [-0.15, -0.1) is 11.3 Å². The van der Waals surface area contributed by atoms with Crippen LogP contribution in [0.4, 0.5) is 0 Å². The summed E-state index contributed by atoms with van der Waals surface area (Å²) in [6.45, 7) is 0.0811. The van der Waals surface area contributed by atoms with Crippen molar-refractivity contribution < 1.29 is 14.7 Å². The van der Waals surface area contributed by atoms with Crippen molar-refractivity contribution in [2.45, 2.75) is 25.8 Å². The summed E-state index contributed by atoms with van der Waals surface area (Å²) in [4.78, 5) is 25.9. The fourth-order valence-electron chi connectivity index (χ4n) is 2.23. The lowest BCUT2D eigenvalue weighted by molar-refractivity contribution is -0.144. The minimum Gasteiger partial charge on any atom is -0.480 e. The lowest BCUT2D eigenvalue weighted by Crippen LogP contribution is -2.35. The van der Waals surface area contributed by atoms with Crippen molar-refractivity contribution in [1.82, 2.24) is 4.90 Å². The number of amides is 1. The molecule has 5 heteroatoms. The van der Waals surface area contributed by atoms with Gasteiger partial charge in [0.15, 0.2) is 0 Å². The number of benzene rings is 1. The Hall–Kier alpha value is -2.14. The zero-order valence-corrected chi connectivity index (χ0v) is 13.1. The van der Waals surface area contributed by atoms with Crippen molar-refractivity contribution in [2.24, 2.45) is 0 Å². The fraction of sp³-hybridized carbons (Fsp3) is 0.294. The lowest BCUT2D eigenvalue weighted by Gasteiger charge is -2.21. The molecule has 0 fully saturated rings. The maximum Gasteiger partial charge on any atom is 0.323 e. The van der Waals surface area contributed by atoms with Crippen LogP contribution in [0.5, 0.6) is 0 Å². The summed E-state index contributed by atoms with van der Waals surface area (Å²) >= 11 is 1.68. The minimum atomic E-state index is -0.984. The number of aryl methyl sites for hydroxylation is 1. The molecular formula is C17H19NO3S. The van der Waals surface area contributed by atoms with Crippen LogP contribution in [0, 0.1) is 0 Å². The number of hydrogen-bond donors (Lipinski definition) is 1. The van der Waals surface area contributed by atoms with Crippen LogP contribution in [0.15, 0.2) is 47.8 Å². The van der Waals surface area contributed by atoms with Gasteiger partial charge in [0.25, 0.3) is 0 Å². The molecule has 2 rings (SSSR count). The number of nitrogens with zero attached hydrogens (tertiary/aromatic N) is 1. The quantitative estimate of drug-likeness (QED) is 0.813. The Labute approximate surface area is 134 Å². The van der Waals surface area contributed by atoms with Crippen LogP contribution in [0.1, 0.15) is 23.3 Å². The molecule has 0 radical (unpaired) electrons. The highest BCUT2D eigenvalue weighted by molar-refractivity contribution is 7.09. The van der Waals surface area contributed by atoms with E-state index >= 15 is 0 Å². The summed E-state index contributed by atoms with van der Waals surface area (Å²) in [6.07, 6.45) is 1.97. The zero-order chi connectivity index (χ0) is 15.8. The summed E-state index contributed by atoms with van der Waals surface area (Å²) < 4.78 is 0. The molecule has 116 valence electrons. The molecule has 1 heterocycles. The second kappa shape index (κ2) is 8.34. The maximum absolute atomic E-state index is 12.3. The molecule has 1 N–H and O–H groups in total. The summed E-state index contributed by atoms with van der Waals surface area (Å²) in [6, 6.07) is 13.5. The Morgan fingerprint density at radius 2 is 1.86 bits per heavy atom. The van der Waals surface area contributed by atoms with Crippen LogP contribution < -0.4 is 0 Å². The van der Waals surface area contributed by atoms with E-state index in [1.54, 1.807) is 11.3 Å². The first-order chi connectivity index (χ1) is 10.6. The number of thiophene rings is 1. The number of hydrogen-bond acceptors (Lipinski definition) is 3. The van der Waals surface area contributed by atoms with Crippen molar-refractivity contribution >= 4 is 23.2 Å². The van der Waals surface area contributed by atoms with Gasteiger partial charge in [0.1, 0.15) is 6.54 Å². The van der Waals surface area contributed by atoms with E-state index in [2.05, 4.69) is 0 Å². The SMILES string of the molecule is O=C(O)CN(Cc1ccccc1)C(=O)CCCc1cccs1. The average molecular weight is 317 g/mol. The van der Waals surface area contributed by atoms with E-state index < -0.39 is 5.97 Å². The number of carboxylic acids is 1.